The molecule has 2 aromatic carbocycles. The molecule has 2 aromatic rings. The minimum absolute atomic E-state index is 0.182. The van der Waals surface area contributed by atoms with Gasteiger partial charge in [-0.25, -0.2) is 0 Å². The van der Waals surface area contributed by atoms with E-state index in [0.717, 1.165) is 0 Å². The molecule has 0 aromatic heterocycles. The van der Waals surface area contributed by atoms with Crippen LogP contribution in [0, 0.1) is 0 Å². The lowest BCUT2D eigenvalue weighted by Crippen LogP contribution is -2.23. The molecule has 9 heteroatoms. The van der Waals surface area contributed by atoms with E-state index in [9.17, 15) is 4.79 Å². The molecule has 0 spiro atoms. The first-order chi connectivity index (χ1) is 17.2. The molecule has 0 aliphatic rings. The Morgan fingerprint density at radius 2 is 0.711 bits per heavy atom. The van der Waals surface area contributed by atoms with Gasteiger partial charge in [0, 0.05) is 11.1 Å². The molecule has 38 heavy (non-hydrogen) atoms. The summed E-state index contributed by atoms with van der Waals surface area (Å²) in [6.45, 7) is 22.1. The Balaban J connectivity index is 2.41. The maximum Gasteiger partial charge on any atom is 0.212 e. The van der Waals surface area contributed by atoms with Gasteiger partial charge in [0.1, 0.15) is 22.4 Å². The van der Waals surface area contributed by atoms with Crippen LogP contribution in [-0.2, 0) is 19.6 Å². The van der Waals surface area contributed by atoms with Crippen LogP contribution in [0.5, 0.6) is 23.0 Å². The van der Waals surface area contributed by atoms with Gasteiger partial charge in [0.15, 0.2) is 5.78 Å². The van der Waals surface area contributed by atoms with Crippen molar-refractivity contribution in [3.05, 3.63) is 47.5 Å². The van der Waals surface area contributed by atoms with E-state index in [-0.39, 0.29) is 28.8 Å². The molecule has 0 saturated heterocycles. The maximum absolute atomic E-state index is 13.5. The van der Waals surface area contributed by atoms with Crippen molar-refractivity contribution in [1.82, 2.24) is 0 Å². The van der Waals surface area contributed by atoms with Gasteiger partial charge in [0.05, 0.1) is 0 Å². The molecule has 9 nitrogen and oxygen atoms in total. The van der Waals surface area contributed by atoms with E-state index < -0.39 is 22.4 Å². The number of hydrogen-bond acceptors (Lipinski definition) is 9. The van der Waals surface area contributed by atoms with E-state index in [1.54, 1.807) is 24.3 Å². The van der Waals surface area contributed by atoms with E-state index in [4.69, 9.17) is 39.1 Å². The Hall–Kier alpha value is -2.85. The van der Waals surface area contributed by atoms with Crippen LogP contribution >= 0.6 is 0 Å². The molecule has 0 unspecified atom stereocenters. The lowest BCUT2D eigenvalue weighted by molar-refractivity contribution is -0.292. The number of rotatable bonds is 10. The van der Waals surface area contributed by atoms with Gasteiger partial charge in [-0.05, 0) is 119 Å². The third kappa shape index (κ3) is 11.3. The number of ketones is 1. The second-order valence-corrected chi connectivity index (χ2v) is 12.8. The minimum atomic E-state index is -0.605. The maximum atomic E-state index is 13.5. The fraction of sp³-hybridized carbons (Fsp3) is 0.552. The normalized spacial score (nSPS) is 12.7. The molecule has 0 aliphatic carbocycles. The van der Waals surface area contributed by atoms with Crippen LogP contribution in [0.4, 0.5) is 0 Å². The average Bonchev–Trinajstić information content (AvgIpc) is 2.76. The summed E-state index contributed by atoms with van der Waals surface area (Å²) in [5.41, 5.74) is -1.70. The number of carbonyl (C=O) groups is 1. The van der Waals surface area contributed by atoms with E-state index >= 15 is 0 Å². The van der Waals surface area contributed by atoms with Crippen LogP contribution in [-0.4, -0.2) is 28.2 Å². The van der Waals surface area contributed by atoms with E-state index in [1.165, 1.54) is 12.1 Å². The first kappa shape index (κ1) is 31.4. The summed E-state index contributed by atoms with van der Waals surface area (Å²) in [6, 6.07) is 9.41. The van der Waals surface area contributed by atoms with Crippen LogP contribution in [0.2, 0.25) is 0 Å². The minimum Gasteiger partial charge on any atom is -0.333 e. The molecule has 0 heterocycles. The largest absolute Gasteiger partial charge is 0.333 e. The highest BCUT2D eigenvalue weighted by molar-refractivity contribution is 6.09. The zero-order chi connectivity index (χ0) is 28.9. The molecule has 212 valence electrons. The van der Waals surface area contributed by atoms with Crippen LogP contribution in [0.1, 0.15) is 99.0 Å². The average molecular weight is 535 g/mol. The zero-order valence-corrected chi connectivity index (χ0v) is 24.6. The van der Waals surface area contributed by atoms with Gasteiger partial charge in [-0.1, -0.05) is 0 Å². The number of hydrogen-bond donors (Lipinski definition) is 0. The fourth-order valence-electron chi connectivity index (χ4n) is 2.41. The Morgan fingerprint density at radius 1 is 0.447 bits per heavy atom. The van der Waals surface area contributed by atoms with Crippen molar-refractivity contribution in [3.63, 3.8) is 0 Å². The van der Waals surface area contributed by atoms with E-state index in [0.29, 0.717) is 11.1 Å². The Kier molecular flexibility index (Phi) is 9.83. The highest BCUT2D eigenvalue weighted by Crippen LogP contribution is 2.34. The van der Waals surface area contributed by atoms with Crippen LogP contribution in [0.25, 0.3) is 0 Å². The highest BCUT2D eigenvalue weighted by atomic mass is 17.2. The molecular formula is C29H42O9. The molecule has 0 N–H and O–H groups in total. The van der Waals surface area contributed by atoms with Crippen molar-refractivity contribution in [2.45, 2.75) is 105 Å². The third-order valence-corrected chi connectivity index (χ3v) is 3.94. The molecule has 0 radical (unpaired) electrons. The van der Waals surface area contributed by atoms with Gasteiger partial charge < -0.3 is 19.6 Å². The second-order valence-electron chi connectivity index (χ2n) is 12.8. The van der Waals surface area contributed by atoms with Gasteiger partial charge in [-0.15, -0.1) is 0 Å². The molecule has 0 saturated carbocycles. The van der Waals surface area contributed by atoms with Gasteiger partial charge in [-0.3, -0.25) is 4.79 Å². The van der Waals surface area contributed by atoms with Crippen LogP contribution < -0.4 is 19.6 Å². The van der Waals surface area contributed by atoms with Gasteiger partial charge in [0.25, 0.3) is 0 Å². The molecule has 0 aliphatic heterocycles. The Labute approximate surface area is 225 Å². The summed E-state index contributed by atoms with van der Waals surface area (Å²) in [5.74, 6) is 0.567. The van der Waals surface area contributed by atoms with Gasteiger partial charge in [0.2, 0.25) is 23.0 Å². The van der Waals surface area contributed by atoms with Crippen molar-refractivity contribution in [1.29, 1.82) is 0 Å². The molecule has 2 rings (SSSR count). The van der Waals surface area contributed by atoms with E-state index in [1.807, 2.05) is 83.1 Å². The predicted octanol–water partition coefficient (Wildman–Crippen LogP) is 7.35. The molecule has 0 atom stereocenters. The van der Waals surface area contributed by atoms with Gasteiger partial charge in [-0.2, -0.15) is 19.6 Å². The topological polar surface area (TPSA) is 90.9 Å². The smallest absolute Gasteiger partial charge is 0.212 e. The van der Waals surface area contributed by atoms with Crippen molar-refractivity contribution in [2.75, 3.05) is 0 Å². The molecule has 0 fully saturated rings. The van der Waals surface area contributed by atoms with E-state index in [2.05, 4.69) is 0 Å². The predicted molar refractivity (Wildman–Crippen MR) is 142 cm³/mol. The van der Waals surface area contributed by atoms with Crippen LogP contribution in [0.15, 0.2) is 36.4 Å². The summed E-state index contributed by atoms with van der Waals surface area (Å²) in [6.07, 6.45) is 0. The molecule has 0 bridgehead atoms. The monoisotopic (exact) mass is 534 g/mol. The van der Waals surface area contributed by atoms with Gasteiger partial charge >= 0.3 is 0 Å². The summed E-state index contributed by atoms with van der Waals surface area (Å²) in [4.78, 5) is 57.3. The fourth-order valence-corrected chi connectivity index (χ4v) is 2.41. The summed E-state index contributed by atoms with van der Waals surface area (Å²) in [5, 5.41) is 0. The lowest BCUT2D eigenvalue weighted by atomic mass is 10.0. The van der Waals surface area contributed by atoms with Crippen molar-refractivity contribution in [3.8, 4) is 23.0 Å². The molecule has 0 amide bonds. The SMILES string of the molecule is CC(C)(C)OOc1ccc(C(=O)c2ccc(OOC(C)(C)C)c(OOC(C)(C)C)c2)cc1OOC(C)(C)C. The van der Waals surface area contributed by atoms with Crippen molar-refractivity contribution in [2.24, 2.45) is 0 Å². The van der Waals surface area contributed by atoms with Crippen molar-refractivity contribution >= 4 is 5.78 Å². The number of carbonyl (C=O) groups excluding carboxylic acids is 1. The summed E-state index contributed by atoms with van der Waals surface area (Å²) in [7, 11) is 0. The summed E-state index contributed by atoms with van der Waals surface area (Å²) >= 11 is 0. The quantitative estimate of drug-likeness (QED) is 0.176. The lowest BCUT2D eigenvalue weighted by Gasteiger charge is -2.22. The third-order valence-electron chi connectivity index (χ3n) is 3.94. The van der Waals surface area contributed by atoms with Crippen LogP contribution in [0.3, 0.4) is 0 Å². The van der Waals surface area contributed by atoms with Crippen molar-refractivity contribution < 1.29 is 43.9 Å². The zero-order valence-electron chi connectivity index (χ0n) is 24.6. The summed E-state index contributed by atoms with van der Waals surface area (Å²) < 4.78 is 0. The second kappa shape index (κ2) is 11.9. The molecular weight excluding hydrogens is 492 g/mol. The standard InChI is InChI=1S/C29H42O9/c1-26(2,3)35-31-21-15-13-19(17-23(21)33-37-28(7,8)9)25(30)20-14-16-22(32-36-27(4,5)6)24(18-20)34-38-29(10,11)12/h13-18H,1-12H3. The number of benzene rings is 2. The Bertz CT molecular complexity index is 996. The first-order valence-electron chi connectivity index (χ1n) is 12.5. The highest BCUT2D eigenvalue weighted by Gasteiger charge is 2.23. The first-order valence-corrected chi connectivity index (χ1v) is 12.5. The Morgan fingerprint density at radius 3 is 0.974 bits per heavy atom.